The lowest BCUT2D eigenvalue weighted by Gasteiger charge is -2.33. The molecule has 7 heteroatoms. The van der Waals surface area contributed by atoms with Crippen molar-refractivity contribution >= 4 is 17.4 Å². The van der Waals surface area contributed by atoms with Gasteiger partial charge in [-0.2, -0.15) is 4.68 Å². The number of piperidine rings is 1. The number of aryl methyl sites for hydroxylation is 2. The molecule has 1 fully saturated rings. The number of carbonyl (C=O) groups excluding carboxylic acids is 1. The molecule has 160 valence electrons. The van der Waals surface area contributed by atoms with Crippen molar-refractivity contribution in [3.05, 3.63) is 81.9 Å². The van der Waals surface area contributed by atoms with Crippen molar-refractivity contribution in [3.63, 3.8) is 0 Å². The highest BCUT2D eigenvalue weighted by atomic mass is 19.1. The standard InChI is InChI=1S/C24H25FN4O2/c1-16-5-10-21(17(2)14-16)26-24(31)18-4-3-13-28(15-18)22-11-12-23(30)29(27-22)20-8-6-19(25)7-9-20/h5-12,14,18H,3-4,13,15H2,1-2H3,(H,26,31). The second kappa shape index (κ2) is 8.71. The number of halogens is 1. The van der Waals surface area contributed by atoms with Gasteiger partial charge in [0.1, 0.15) is 11.6 Å². The van der Waals surface area contributed by atoms with Gasteiger partial charge >= 0.3 is 0 Å². The minimum Gasteiger partial charge on any atom is -0.354 e. The summed E-state index contributed by atoms with van der Waals surface area (Å²) in [5.74, 6) is 0.0561. The third-order valence-electron chi connectivity index (χ3n) is 5.61. The molecule has 0 bridgehead atoms. The minimum atomic E-state index is -0.373. The second-order valence-electron chi connectivity index (χ2n) is 8.01. The monoisotopic (exact) mass is 420 g/mol. The van der Waals surface area contributed by atoms with E-state index in [9.17, 15) is 14.0 Å². The van der Waals surface area contributed by atoms with Crippen LogP contribution < -0.4 is 15.8 Å². The van der Waals surface area contributed by atoms with Crippen LogP contribution in [0.1, 0.15) is 24.0 Å². The molecule has 2 aromatic carbocycles. The Morgan fingerprint density at radius 3 is 2.61 bits per heavy atom. The van der Waals surface area contributed by atoms with Crippen LogP contribution in [0.25, 0.3) is 5.69 Å². The minimum absolute atomic E-state index is 0.0106. The van der Waals surface area contributed by atoms with Crippen molar-refractivity contribution in [3.8, 4) is 5.69 Å². The van der Waals surface area contributed by atoms with E-state index in [1.54, 1.807) is 6.07 Å². The van der Waals surface area contributed by atoms with Crippen molar-refractivity contribution in [1.29, 1.82) is 0 Å². The average molecular weight is 420 g/mol. The maximum absolute atomic E-state index is 13.2. The lowest BCUT2D eigenvalue weighted by atomic mass is 9.96. The summed E-state index contributed by atoms with van der Waals surface area (Å²) in [4.78, 5) is 27.2. The molecule has 2 heterocycles. The SMILES string of the molecule is Cc1ccc(NC(=O)C2CCCN(c3ccc(=O)n(-c4ccc(F)cc4)n3)C2)c(C)c1. The van der Waals surface area contributed by atoms with Gasteiger partial charge in [0, 0.05) is 24.8 Å². The second-order valence-corrected chi connectivity index (χ2v) is 8.01. The Morgan fingerprint density at radius 2 is 1.87 bits per heavy atom. The summed E-state index contributed by atoms with van der Waals surface area (Å²) in [7, 11) is 0. The lowest BCUT2D eigenvalue weighted by molar-refractivity contribution is -0.120. The van der Waals surface area contributed by atoms with Gasteiger partial charge in [0.2, 0.25) is 5.91 Å². The Kier molecular flexibility index (Phi) is 5.84. The fourth-order valence-corrected chi connectivity index (χ4v) is 3.93. The molecule has 1 N–H and O–H groups in total. The van der Waals surface area contributed by atoms with Gasteiger partial charge in [-0.15, -0.1) is 5.10 Å². The van der Waals surface area contributed by atoms with Gasteiger partial charge in [0.25, 0.3) is 5.56 Å². The van der Waals surface area contributed by atoms with Crippen molar-refractivity contribution < 1.29 is 9.18 Å². The van der Waals surface area contributed by atoms with Gasteiger partial charge in [0.15, 0.2) is 0 Å². The number of aromatic nitrogens is 2. The molecule has 1 aliphatic heterocycles. The molecule has 31 heavy (non-hydrogen) atoms. The van der Waals surface area contributed by atoms with E-state index >= 15 is 0 Å². The predicted molar refractivity (Wildman–Crippen MR) is 119 cm³/mol. The van der Waals surface area contributed by atoms with Gasteiger partial charge < -0.3 is 10.2 Å². The first-order chi connectivity index (χ1) is 14.9. The molecule has 0 radical (unpaired) electrons. The number of carbonyl (C=O) groups is 1. The molecule has 3 aromatic rings. The van der Waals surface area contributed by atoms with Gasteiger partial charge in [-0.1, -0.05) is 17.7 Å². The van der Waals surface area contributed by atoms with E-state index in [-0.39, 0.29) is 23.2 Å². The number of nitrogens with one attached hydrogen (secondary N) is 1. The quantitative estimate of drug-likeness (QED) is 0.696. The van der Waals surface area contributed by atoms with Crippen LogP contribution in [0.4, 0.5) is 15.9 Å². The molecule has 6 nitrogen and oxygen atoms in total. The van der Waals surface area contributed by atoms with Crippen LogP contribution in [0.15, 0.2) is 59.4 Å². The maximum Gasteiger partial charge on any atom is 0.271 e. The van der Waals surface area contributed by atoms with Gasteiger partial charge in [0.05, 0.1) is 11.6 Å². The summed E-state index contributed by atoms with van der Waals surface area (Å²) in [5, 5.41) is 7.53. The first kappa shape index (κ1) is 20.8. The highest BCUT2D eigenvalue weighted by Crippen LogP contribution is 2.24. The Hall–Kier alpha value is -3.48. The molecule has 0 saturated carbocycles. The van der Waals surface area contributed by atoms with Crippen molar-refractivity contribution in [2.45, 2.75) is 26.7 Å². The topological polar surface area (TPSA) is 67.2 Å². The smallest absolute Gasteiger partial charge is 0.271 e. The zero-order valence-corrected chi connectivity index (χ0v) is 17.6. The van der Waals surface area contributed by atoms with E-state index < -0.39 is 0 Å². The average Bonchev–Trinajstić information content (AvgIpc) is 2.77. The third kappa shape index (κ3) is 4.66. The summed E-state index contributed by atoms with van der Waals surface area (Å²) in [5.41, 5.74) is 3.22. The number of anilines is 2. The van der Waals surface area contributed by atoms with E-state index in [1.807, 2.05) is 36.9 Å². The van der Waals surface area contributed by atoms with Crippen LogP contribution in [-0.2, 0) is 4.79 Å². The third-order valence-corrected chi connectivity index (χ3v) is 5.61. The molecule has 1 atom stereocenters. The zero-order chi connectivity index (χ0) is 22.0. The van der Waals surface area contributed by atoms with E-state index in [0.717, 1.165) is 36.2 Å². The molecule has 1 aliphatic rings. The molecule has 0 aliphatic carbocycles. The summed E-state index contributed by atoms with van der Waals surface area (Å²) in [6.45, 7) is 5.28. The summed E-state index contributed by atoms with van der Waals surface area (Å²) in [6, 6.07) is 14.7. The van der Waals surface area contributed by atoms with Crippen LogP contribution >= 0.6 is 0 Å². The summed E-state index contributed by atoms with van der Waals surface area (Å²) in [6.07, 6.45) is 1.65. The number of benzene rings is 2. The van der Waals surface area contributed by atoms with Gasteiger partial charge in [-0.25, -0.2) is 4.39 Å². The fraction of sp³-hybridized carbons (Fsp3) is 0.292. The van der Waals surface area contributed by atoms with Crippen LogP contribution in [0.5, 0.6) is 0 Å². The van der Waals surface area contributed by atoms with Crippen LogP contribution in [0.2, 0.25) is 0 Å². The molecular weight excluding hydrogens is 395 g/mol. The van der Waals surface area contributed by atoms with E-state index in [4.69, 9.17) is 0 Å². The highest BCUT2D eigenvalue weighted by molar-refractivity contribution is 5.93. The fourth-order valence-electron chi connectivity index (χ4n) is 3.93. The summed E-state index contributed by atoms with van der Waals surface area (Å²) >= 11 is 0. The Labute approximate surface area is 180 Å². The lowest BCUT2D eigenvalue weighted by Crippen LogP contribution is -2.41. The molecule has 1 amide bonds. The van der Waals surface area contributed by atoms with Crippen LogP contribution in [0.3, 0.4) is 0 Å². The molecular formula is C24H25FN4O2. The van der Waals surface area contributed by atoms with Crippen LogP contribution in [-0.4, -0.2) is 28.8 Å². The number of rotatable bonds is 4. The maximum atomic E-state index is 13.2. The predicted octanol–water partition coefficient (Wildman–Crippen LogP) is 3.84. The van der Waals surface area contributed by atoms with E-state index in [2.05, 4.69) is 10.4 Å². The molecule has 4 rings (SSSR count). The molecule has 1 saturated heterocycles. The first-order valence-electron chi connectivity index (χ1n) is 10.4. The number of amides is 1. The van der Waals surface area contributed by atoms with Gasteiger partial charge in [-0.3, -0.25) is 9.59 Å². The number of hydrogen-bond donors (Lipinski definition) is 1. The highest BCUT2D eigenvalue weighted by Gasteiger charge is 2.27. The Morgan fingerprint density at radius 1 is 1.10 bits per heavy atom. The first-order valence-corrected chi connectivity index (χ1v) is 10.4. The Bertz CT molecular complexity index is 1160. The van der Waals surface area contributed by atoms with Crippen molar-refractivity contribution in [1.82, 2.24) is 9.78 Å². The number of nitrogens with zero attached hydrogens (tertiary/aromatic N) is 3. The van der Waals surface area contributed by atoms with Gasteiger partial charge in [-0.05, 0) is 68.7 Å². The summed E-state index contributed by atoms with van der Waals surface area (Å²) < 4.78 is 14.5. The van der Waals surface area contributed by atoms with Crippen LogP contribution in [0, 0.1) is 25.6 Å². The number of hydrogen-bond acceptors (Lipinski definition) is 4. The van der Waals surface area contributed by atoms with E-state index in [1.165, 1.54) is 35.0 Å². The van der Waals surface area contributed by atoms with Crippen molar-refractivity contribution in [2.24, 2.45) is 5.92 Å². The molecule has 1 unspecified atom stereocenters. The normalized spacial score (nSPS) is 16.2. The largest absolute Gasteiger partial charge is 0.354 e. The van der Waals surface area contributed by atoms with E-state index in [0.29, 0.717) is 18.1 Å². The Balaban J connectivity index is 1.52. The molecule has 0 spiro atoms. The molecule has 1 aromatic heterocycles. The van der Waals surface area contributed by atoms with Crippen molar-refractivity contribution in [2.75, 3.05) is 23.3 Å². The zero-order valence-electron chi connectivity index (χ0n) is 17.6.